The molecule has 1 aromatic carbocycles. The molecule has 1 aromatic rings. The van der Waals surface area contributed by atoms with Gasteiger partial charge in [-0.1, -0.05) is 49.6 Å². The highest BCUT2D eigenvalue weighted by Crippen LogP contribution is 2.39. The van der Waals surface area contributed by atoms with Gasteiger partial charge in [0.15, 0.2) is 0 Å². The van der Waals surface area contributed by atoms with Gasteiger partial charge in [0, 0.05) is 6.04 Å². The molecule has 0 aliphatic heterocycles. The van der Waals surface area contributed by atoms with Crippen molar-refractivity contribution < 1.29 is 9.90 Å². The second-order valence-corrected chi connectivity index (χ2v) is 5.32. The molecular weight excluding hydrogens is 226 g/mol. The van der Waals surface area contributed by atoms with Gasteiger partial charge in [0.2, 0.25) is 0 Å². The van der Waals surface area contributed by atoms with E-state index in [0.717, 1.165) is 37.7 Å². The zero-order valence-electron chi connectivity index (χ0n) is 10.6. The fourth-order valence-corrected chi connectivity index (χ4v) is 2.99. The maximum atomic E-state index is 11.6. The molecule has 3 N–H and O–H groups in total. The van der Waals surface area contributed by atoms with Crippen molar-refractivity contribution in [3.05, 3.63) is 35.9 Å². The summed E-state index contributed by atoms with van der Waals surface area (Å²) in [5, 5.41) is 9.56. The van der Waals surface area contributed by atoms with Crippen LogP contribution in [0.2, 0.25) is 0 Å². The van der Waals surface area contributed by atoms with E-state index in [1.807, 2.05) is 30.3 Å². The highest BCUT2D eigenvalue weighted by molar-refractivity contribution is 5.75. The highest BCUT2D eigenvalue weighted by atomic mass is 16.4. The number of rotatable bonds is 4. The summed E-state index contributed by atoms with van der Waals surface area (Å²) in [5.41, 5.74) is 6.64. The Hall–Kier alpha value is -1.35. The van der Waals surface area contributed by atoms with Crippen LogP contribution in [-0.4, -0.2) is 17.1 Å². The molecule has 1 atom stereocenters. The molecule has 1 fully saturated rings. The minimum Gasteiger partial charge on any atom is -0.481 e. The van der Waals surface area contributed by atoms with Gasteiger partial charge in [0.05, 0.1) is 5.41 Å². The van der Waals surface area contributed by atoms with Crippen LogP contribution in [0.25, 0.3) is 0 Å². The average Bonchev–Trinajstić information content (AvgIpc) is 2.40. The number of carboxylic acid groups (broad SMARTS) is 1. The third-order valence-corrected chi connectivity index (χ3v) is 4.18. The molecule has 18 heavy (non-hydrogen) atoms. The van der Waals surface area contributed by atoms with E-state index in [2.05, 4.69) is 0 Å². The van der Waals surface area contributed by atoms with Gasteiger partial charge in [-0.3, -0.25) is 4.79 Å². The molecule has 1 aliphatic rings. The fraction of sp³-hybridized carbons (Fsp3) is 0.533. The van der Waals surface area contributed by atoms with Crippen molar-refractivity contribution in [3.63, 3.8) is 0 Å². The molecule has 1 unspecified atom stereocenters. The van der Waals surface area contributed by atoms with Gasteiger partial charge in [0.25, 0.3) is 0 Å². The monoisotopic (exact) mass is 247 g/mol. The average molecular weight is 247 g/mol. The van der Waals surface area contributed by atoms with E-state index in [0.29, 0.717) is 6.42 Å². The molecule has 0 heterocycles. The summed E-state index contributed by atoms with van der Waals surface area (Å²) in [6.45, 7) is 0. The second-order valence-electron chi connectivity index (χ2n) is 5.32. The molecule has 0 spiro atoms. The first-order valence-corrected chi connectivity index (χ1v) is 6.68. The van der Waals surface area contributed by atoms with Crippen LogP contribution in [0, 0.1) is 5.41 Å². The summed E-state index contributed by atoms with van der Waals surface area (Å²) in [6, 6.07) is 9.63. The fourth-order valence-electron chi connectivity index (χ4n) is 2.99. The van der Waals surface area contributed by atoms with Gasteiger partial charge in [-0.2, -0.15) is 0 Å². The van der Waals surface area contributed by atoms with Crippen LogP contribution in [0.4, 0.5) is 0 Å². The first kappa shape index (κ1) is 13.1. The summed E-state index contributed by atoms with van der Waals surface area (Å²) < 4.78 is 0. The summed E-state index contributed by atoms with van der Waals surface area (Å²) in [6.07, 6.45) is 5.18. The van der Waals surface area contributed by atoms with E-state index in [4.69, 9.17) is 5.73 Å². The van der Waals surface area contributed by atoms with Crippen LogP contribution in [0.1, 0.15) is 37.7 Å². The summed E-state index contributed by atoms with van der Waals surface area (Å²) in [7, 11) is 0. The normalized spacial score (nSPS) is 20.3. The number of carboxylic acids is 1. The number of aliphatic carboxylic acids is 1. The standard InChI is InChI=1S/C15H21NO2/c16-13(11-12-7-3-1-4-8-12)15(14(17)18)9-5-2-6-10-15/h1,3-4,7-8,13H,2,5-6,9-11,16H2,(H,17,18). The Morgan fingerprint density at radius 3 is 2.39 bits per heavy atom. The lowest BCUT2D eigenvalue weighted by atomic mass is 9.68. The maximum Gasteiger partial charge on any atom is 0.311 e. The van der Waals surface area contributed by atoms with Gasteiger partial charge < -0.3 is 10.8 Å². The van der Waals surface area contributed by atoms with Gasteiger partial charge in [-0.15, -0.1) is 0 Å². The third kappa shape index (κ3) is 2.56. The Bertz CT molecular complexity index is 396. The van der Waals surface area contributed by atoms with Crippen molar-refractivity contribution >= 4 is 5.97 Å². The Morgan fingerprint density at radius 2 is 1.83 bits per heavy atom. The van der Waals surface area contributed by atoms with Crippen molar-refractivity contribution in [1.82, 2.24) is 0 Å². The molecule has 1 saturated carbocycles. The minimum absolute atomic E-state index is 0.294. The largest absolute Gasteiger partial charge is 0.481 e. The second kappa shape index (κ2) is 5.53. The molecule has 3 heteroatoms. The van der Waals surface area contributed by atoms with Gasteiger partial charge >= 0.3 is 5.97 Å². The minimum atomic E-state index is -0.717. The smallest absolute Gasteiger partial charge is 0.311 e. The van der Waals surface area contributed by atoms with Crippen LogP contribution in [-0.2, 0) is 11.2 Å². The number of carbonyl (C=O) groups is 1. The quantitative estimate of drug-likeness (QED) is 0.859. The molecule has 3 nitrogen and oxygen atoms in total. The van der Waals surface area contributed by atoms with Crippen LogP contribution in [0.3, 0.4) is 0 Å². The topological polar surface area (TPSA) is 63.3 Å². The van der Waals surface area contributed by atoms with Crippen molar-refractivity contribution in [3.8, 4) is 0 Å². The lowest BCUT2D eigenvalue weighted by molar-refractivity contribution is -0.152. The molecule has 0 aromatic heterocycles. The van der Waals surface area contributed by atoms with E-state index < -0.39 is 11.4 Å². The summed E-state index contributed by atoms with van der Waals surface area (Å²) in [5.74, 6) is -0.717. The van der Waals surface area contributed by atoms with E-state index in [1.165, 1.54) is 0 Å². The molecule has 2 rings (SSSR count). The Balaban J connectivity index is 2.13. The van der Waals surface area contributed by atoms with E-state index in [9.17, 15) is 9.90 Å². The number of hydrogen-bond acceptors (Lipinski definition) is 2. The zero-order chi connectivity index (χ0) is 13.0. The van der Waals surface area contributed by atoms with Gasteiger partial charge in [0.1, 0.15) is 0 Å². The number of benzene rings is 1. The molecule has 0 amide bonds. The molecule has 0 saturated heterocycles. The lowest BCUT2D eigenvalue weighted by Crippen LogP contribution is -2.50. The molecular formula is C15H21NO2. The Kier molecular flexibility index (Phi) is 4.02. The first-order chi connectivity index (χ1) is 8.65. The molecule has 1 aliphatic carbocycles. The summed E-state index contributed by atoms with van der Waals surface area (Å²) in [4.78, 5) is 11.6. The van der Waals surface area contributed by atoms with E-state index in [1.54, 1.807) is 0 Å². The first-order valence-electron chi connectivity index (χ1n) is 6.68. The van der Waals surface area contributed by atoms with Crippen LogP contribution in [0.15, 0.2) is 30.3 Å². The van der Waals surface area contributed by atoms with Crippen molar-refractivity contribution in [2.45, 2.75) is 44.6 Å². The highest BCUT2D eigenvalue weighted by Gasteiger charge is 2.44. The van der Waals surface area contributed by atoms with Gasteiger partial charge in [-0.25, -0.2) is 0 Å². The third-order valence-electron chi connectivity index (χ3n) is 4.18. The summed E-state index contributed by atoms with van der Waals surface area (Å²) >= 11 is 0. The predicted molar refractivity (Wildman–Crippen MR) is 71.3 cm³/mol. The Morgan fingerprint density at radius 1 is 1.22 bits per heavy atom. The number of nitrogens with two attached hydrogens (primary N) is 1. The Labute approximate surface area is 108 Å². The van der Waals surface area contributed by atoms with Crippen molar-refractivity contribution in [1.29, 1.82) is 0 Å². The van der Waals surface area contributed by atoms with Crippen LogP contribution in [0.5, 0.6) is 0 Å². The van der Waals surface area contributed by atoms with Crippen LogP contribution >= 0.6 is 0 Å². The zero-order valence-corrected chi connectivity index (χ0v) is 10.6. The van der Waals surface area contributed by atoms with Crippen LogP contribution < -0.4 is 5.73 Å². The van der Waals surface area contributed by atoms with Crippen molar-refractivity contribution in [2.24, 2.45) is 11.1 Å². The predicted octanol–water partition coefficient (Wildman–Crippen LogP) is 2.59. The number of hydrogen-bond donors (Lipinski definition) is 2. The van der Waals surface area contributed by atoms with Crippen molar-refractivity contribution in [2.75, 3.05) is 0 Å². The molecule has 98 valence electrons. The lowest BCUT2D eigenvalue weighted by Gasteiger charge is -2.38. The van der Waals surface area contributed by atoms with E-state index in [-0.39, 0.29) is 6.04 Å². The molecule has 0 bridgehead atoms. The van der Waals surface area contributed by atoms with Gasteiger partial charge in [-0.05, 0) is 24.8 Å². The van der Waals surface area contributed by atoms with E-state index >= 15 is 0 Å². The maximum absolute atomic E-state index is 11.6. The molecule has 0 radical (unpaired) electrons. The SMILES string of the molecule is NC(Cc1ccccc1)C1(C(=O)O)CCCCC1.